The molecule has 1 N–H and O–H groups in total. The molecule has 0 spiro atoms. The highest BCUT2D eigenvalue weighted by Gasteiger charge is 2.34. The molecular formula is C12H25NO. The van der Waals surface area contributed by atoms with Crippen molar-refractivity contribution in [2.24, 2.45) is 11.3 Å². The maximum atomic E-state index is 9.91. The van der Waals surface area contributed by atoms with Crippen molar-refractivity contribution in [1.29, 1.82) is 0 Å². The van der Waals surface area contributed by atoms with E-state index < -0.39 is 5.60 Å². The van der Waals surface area contributed by atoms with Crippen LogP contribution in [-0.2, 0) is 0 Å². The summed E-state index contributed by atoms with van der Waals surface area (Å²) >= 11 is 0. The van der Waals surface area contributed by atoms with Crippen LogP contribution in [0.2, 0.25) is 0 Å². The first-order valence-corrected chi connectivity index (χ1v) is 5.63. The Morgan fingerprint density at radius 2 is 1.79 bits per heavy atom. The molecule has 1 atom stereocenters. The van der Waals surface area contributed by atoms with Gasteiger partial charge in [-0.1, -0.05) is 20.8 Å². The largest absolute Gasteiger partial charge is 0.390 e. The minimum Gasteiger partial charge on any atom is -0.390 e. The fourth-order valence-electron chi connectivity index (χ4n) is 2.22. The lowest BCUT2D eigenvalue weighted by Gasteiger charge is -2.29. The van der Waals surface area contributed by atoms with Crippen LogP contribution in [0.4, 0.5) is 0 Å². The molecule has 1 aliphatic rings. The Labute approximate surface area is 88.3 Å². The van der Waals surface area contributed by atoms with Gasteiger partial charge in [0.25, 0.3) is 0 Å². The lowest BCUT2D eigenvalue weighted by Crippen LogP contribution is -2.35. The van der Waals surface area contributed by atoms with Gasteiger partial charge in [0.1, 0.15) is 0 Å². The second-order valence-electron chi connectivity index (χ2n) is 6.44. The molecule has 2 heteroatoms. The molecule has 0 unspecified atom stereocenters. The van der Waals surface area contributed by atoms with Crippen molar-refractivity contribution in [3.63, 3.8) is 0 Å². The highest BCUT2D eigenvalue weighted by Crippen LogP contribution is 2.29. The summed E-state index contributed by atoms with van der Waals surface area (Å²) in [5, 5.41) is 9.91. The van der Waals surface area contributed by atoms with Gasteiger partial charge >= 0.3 is 0 Å². The van der Waals surface area contributed by atoms with Gasteiger partial charge < -0.3 is 10.0 Å². The third-order valence-electron chi connectivity index (χ3n) is 2.97. The zero-order chi connectivity index (χ0) is 11.0. The molecule has 0 aromatic rings. The van der Waals surface area contributed by atoms with Gasteiger partial charge in [0.15, 0.2) is 0 Å². The van der Waals surface area contributed by atoms with E-state index in [1.54, 1.807) is 0 Å². The third kappa shape index (κ3) is 3.58. The molecular weight excluding hydrogens is 174 g/mol. The van der Waals surface area contributed by atoms with Crippen molar-refractivity contribution >= 4 is 0 Å². The summed E-state index contributed by atoms with van der Waals surface area (Å²) < 4.78 is 0. The molecule has 1 aliphatic heterocycles. The van der Waals surface area contributed by atoms with Crippen molar-refractivity contribution in [2.45, 2.75) is 46.6 Å². The smallest absolute Gasteiger partial charge is 0.0632 e. The monoisotopic (exact) mass is 199 g/mol. The number of likely N-dealkylation sites (tertiary alicyclic amines) is 1. The van der Waals surface area contributed by atoms with E-state index in [2.05, 4.69) is 25.7 Å². The van der Waals surface area contributed by atoms with E-state index in [4.69, 9.17) is 0 Å². The minimum absolute atomic E-state index is 0.370. The van der Waals surface area contributed by atoms with Crippen molar-refractivity contribution in [2.75, 3.05) is 19.6 Å². The van der Waals surface area contributed by atoms with Crippen LogP contribution in [0.3, 0.4) is 0 Å². The normalized spacial score (nSPS) is 25.7. The molecule has 1 heterocycles. The fraction of sp³-hybridized carbons (Fsp3) is 1.00. The van der Waals surface area contributed by atoms with Crippen LogP contribution in [0, 0.1) is 11.3 Å². The maximum Gasteiger partial charge on any atom is 0.0632 e. The molecule has 0 amide bonds. The average molecular weight is 199 g/mol. The van der Waals surface area contributed by atoms with E-state index in [9.17, 15) is 5.11 Å². The van der Waals surface area contributed by atoms with Crippen LogP contribution < -0.4 is 0 Å². The molecule has 0 saturated carbocycles. The first kappa shape index (κ1) is 12.0. The van der Waals surface area contributed by atoms with Crippen LogP contribution in [0.15, 0.2) is 0 Å². The molecule has 2 nitrogen and oxygen atoms in total. The SMILES string of the molecule is CC(C)(C)CN1CC[C@H](C(C)(C)O)C1. The van der Waals surface area contributed by atoms with Gasteiger partial charge in [-0.25, -0.2) is 0 Å². The summed E-state index contributed by atoms with van der Waals surface area (Å²) in [6.45, 7) is 14.0. The van der Waals surface area contributed by atoms with Crippen LogP contribution in [0.5, 0.6) is 0 Å². The Morgan fingerprint density at radius 1 is 1.21 bits per heavy atom. The molecule has 0 aromatic heterocycles. The van der Waals surface area contributed by atoms with E-state index in [1.807, 2.05) is 13.8 Å². The van der Waals surface area contributed by atoms with Gasteiger partial charge in [-0.2, -0.15) is 0 Å². The topological polar surface area (TPSA) is 23.5 Å². The van der Waals surface area contributed by atoms with Crippen LogP contribution in [0.25, 0.3) is 0 Å². The van der Waals surface area contributed by atoms with Crippen LogP contribution in [0.1, 0.15) is 41.0 Å². The zero-order valence-electron chi connectivity index (χ0n) is 10.3. The van der Waals surface area contributed by atoms with E-state index in [-0.39, 0.29) is 0 Å². The number of hydrogen-bond acceptors (Lipinski definition) is 2. The van der Waals surface area contributed by atoms with Gasteiger partial charge in [0.2, 0.25) is 0 Å². The fourth-order valence-corrected chi connectivity index (χ4v) is 2.22. The molecule has 0 aliphatic carbocycles. The predicted molar refractivity (Wildman–Crippen MR) is 60.3 cm³/mol. The van der Waals surface area contributed by atoms with Crippen molar-refractivity contribution < 1.29 is 5.11 Å². The number of nitrogens with zero attached hydrogens (tertiary/aromatic N) is 1. The zero-order valence-corrected chi connectivity index (χ0v) is 10.3. The third-order valence-corrected chi connectivity index (χ3v) is 2.97. The van der Waals surface area contributed by atoms with Crippen molar-refractivity contribution in [3.8, 4) is 0 Å². The summed E-state index contributed by atoms with van der Waals surface area (Å²) in [5.41, 5.74) is -0.138. The first-order chi connectivity index (χ1) is 6.18. The number of rotatable bonds is 2. The Hall–Kier alpha value is -0.0800. The summed E-state index contributed by atoms with van der Waals surface area (Å²) in [4.78, 5) is 2.47. The number of aliphatic hydroxyl groups is 1. The highest BCUT2D eigenvalue weighted by atomic mass is 16.3. The number of hydrogen-bond donors (Lipinski definition) is 1. The lowest BCUT2D eigenvalue weighted by atomic mass is 9.90. The van der Waals surface area contributed by atoms with Crippen molar-refractivity contribution in [1.82, 2.24) is 4.90 Å². The summed E-state index contributed by atoms with van der Waals surface area (Å²) in [6.07, 6.45) is 1.14. The summed E-state index contributed by atoms with van der Waals surface area (Å²) in [7, 11) is 0. The molecule has 1 rings (SSSR count). The quantitative estimate of drug-likeness (QED) is 0.736. The van der Waals surface area contributed by atoms with E-state index in [1.165, 1.54) is 0 Å². The Balaban J connectivity index is 2.42. The van der Waals surface area contributed by atoms with Crippen molar-refractivity contribution in [3.05, 3.63) is 0 Å². The molecule has 0 aromatic carbocycles. The van der Waals surface area contributed by atoms with Gasteiger partial charge in [0.05, 0.1) is 5.60 Å². The Morgan fingerprint density at radius 3 is 2.14 bits per heavy atom. The van der Waals surface area contributed by atoms with Crippen LogP contribution in [-0.4, -0.2) is 35.2 Å². The molecule has 14 heavy (non-hydrogen) atoms. The predicted octanol–water partition coefficient (Wildman–Crippen LogP) is 2.13. The summed E-state index contributed by atoms with van der Waals surface area (Å²) in [6, 6.07) is 0. The second kappa shape index (κ2) is 3.82. The maximum absolute atomic E-state index is 9.91. The second-order valence-corrected chi connectivity index (χ2v) is 6.44. The standard InChI is InChI=1S/C12H25NO/c1-11(2,3)9-13-7-6-10(8-13)12(4,5)14/h10,14H,6-9H2,1-5H3/t10-/m0/s1. The molecule has 0 radical (unpaired) electrons. The molecule has 1 saturated heterocycles. The first-order valence-electron chi connectivity index (χ1n) is 5.63. The highest BCUT2D eigenvalue weighted by molar-refractivity contribution is 4.87. The van der Waals surface area contributed by atoms with Crippen LogP contribution >= 0.6 is 0 Å². The van der Waals surface area contributed by atoms with Gasteiger partial charge in [-0.05, 0) is 32.2 Å². The lowest BCUT2D eigenvalue weighted by molar-refractivity contribution is 0.0198. The molecule has 1 fully saturated rings. The van der Waals surface area contributed by atoms with Gasteiger partial charge in [-0.15, -0.1) is 0 Å². The molecule has 84 valence electrons. The van der Waals surface area contributed by atoms with Gasteiger partial charge in [-0.3, -0.25) is 0 Å². The Bertz CT molecular complexity index is 187. The summed E-state index contributed by atoms with van der Waals surface area (Å²) in [5.74, 6) is 0.449. The van der Waals surface area contributed by atoms with E-state index in [0.717, 1.165) is 26.1 Å². The minimum atomic E-state index is -0.507. The van der Waals surface area contributed by atoms with E-state index in [0.29, 0.717) is 11.3 Å². The van der Waals surface area contributed by atoms with E-state index >= 15 is 0 Å². The molecule has 0 bridgehead atoms. The average Bonchev–Trinajstić information content (AvgIpc) is 2.29. The Kier molecular flexibility index (Phi) is 3.27. The van der Waals surface area contributed by atoms with Gasteiger partial charge in [0, 0.05) is 19.0 Å².